The maximum atomic E-state index is 12.4. The maximum Gasteiger partial charge on any atom is 0.236 e. The molecule has 0 atom stereocenters. The summed E-state index contributed by atoms with van der Waals surface area (Å²) in [6.07, 6.45) is 2.97. The van der Waals surface area contributed by atoms with Gasteiger partial charge < -0.3 is 19.9 Å². The molecule has 1 N–H and O–H groups in total. The number of carbonyl (C=O) groups excluding carboxylic acids is 1. The Labute approximate surface area is 171 Å². The lowest BCUT2D eigenvalue weighted by molar-refractivity contribution is -0.136. The Kier molecular flexibility index (Phi) is 8.05. The third-order valence-corrected chi connectivity index (χ3v) is 6.17. The Morgan fingerprint density at radius 2 is 1.93 bits per heavy atom. The number of guanidine groups is 1. The Bertz CT molecular complexity index is 651. The highest BCUT2D eigenvalue weighted by Gasteiger charge is 2.24. The number of rotatable bonds is 6. The molecule has 1 aromatic heterocycles. The van der Waals surface area contributed by atoms with Gasteiger partial charge in [-0.15, -0.1) is 11.3 Å². The average Bonchev–Trinajstić information content (AvgIpc) is 3.20. The lowest BCUT2D eigenvalue weighted by atomic mass is 10.3. The molecule has 0 bridgehead atoms. The number of amides is 1. The molecule has 3 rings (SSSR count). The van der Waals surface area contributed by atoms with Gasteiger partial charge in [-0.05, 0) is 13.3 Å². The van der Waals surface area contributed by atoms with Gasteiger partial charge in [-0.1, -0.05) is 6.92 Å². The quantitative estimate of drug-likeness (QED) is 0.550. The third kappa shape index (κ3) is 5.89. The highest BCUT2D eigenvalue weighted by molar-refractivity contribution is 7.11. The summed E-state index contributed by atoms with van der Waals surface area (Å²) < 4.78 is 5.33. The molecule has 0 saturated carbocycles. The predicted molar refractivity (Wildman–Crippen MR) is 112 cm³/mol. The molecule has 28 heavy (non-hydrogen) atoms. The monoisotopic (exact) mass is 408 g/mol. The molecular formula is C19H32N6O2S. The second kappa shape index (κ2) is 10.7. The van der Waals surface area contributed by atoms with E-state index in [-0.39, 0.29) is 5.91 Å². The van der Waals surface area contributed by atoms with Crippen molar-refractivity contribution in [3.05, 3.63) is 16.1 Å². The third-order valence-electron chi connectivity index (χ3n) is 5.04. The molecule has 2 saturated heterocycles. The Morgan fingerprint density at radius 1 is 1.18 bits per heavy atom. The molecule has 2 aliphatic rings. The minimum atomic E-state index is 0.216. The van der Waals surface area contributed by atoms with Crippen molar-refractivity contribution in [2.24, 2.45) is 4.99 Å². The van der Waals surface area contributed by atoms with Gasteiger partial charge in [0.25, 0.3) is 0 Å². The molecule has 1 aromatic rings. The minimum Gasteiger partial charge on any atom is -0.378 e. The van der Waals surface area contributed by atoms with E-state index >= 15 is 0 Å². The van der Waals surface area contributed by atoms with Crippen LogP contribution in [0.4, 0.5) is 0 Å². The number of nitrogens with one attached hydrogen (secondary N) is 1. The first-order chi connectivity index (χ1) is 13.7. The number of ether oxygens (including phenoxy) is 1. The number of hydrogen-bond donors (Lipinski definition) is 1. The molecule has 0 aliphatic carbocycles. The van der Waals surface area contributed by atoms with E-state index in [0.717, 1.165) is 50.1 Å². The molecule has 156 valence electrons. The van der Waals surface area contributed by atoms with Gasteiger partial charge in [0.2, 0.25) is 5.91 Å². The number of carbonyl (C=O) groups is 1. The molecule has 2 aliphatic heterocycles. The van der Waals surface area contributed by atoms with Crippen LogP contribution in [0.1, 0.15) is 23.7 Å². The number of hydrogen-bond acceptors (Lipinski definition) is 6. The van der Waals surface area contributed by atoms with Crippen molar-refractivity contribution in [2.75, 3.05) is 65.6 Å². The fourth-order valence-electron chi connectivity index (χ4n) is 3.37. The topological polar surface area (TPSA) is 73.3 Å². The fraction of sp³-hybridized carbons (Fsp3) is 0.737. The molecule has 9 heteroatoms. The van der Waals surface area contributed by atoms with Crippen LogP contribution in [0.5, 0.6) is 0 Å². The van der Waals surface area contributed by atoms with Gasteiger partial charge in [0.1, 0.15) is 5.01 Å². The van der Waals surface area contributed by atoms with Crippen LogP contribution in [0.2, 0.25) is 0 Å². The van der Waals surface area contributed by atoms with Crippen LogP contribution in [0.25, 0.3) is 0 Å². The van der Waals surface area contributed by atoms with E-state index < -0.39 is 0 Å². The van der Waals surface area contributed by atoms with Gasteiger partial charge in [-0.25, -0.2) is 9.98 Å². The van der Waals surface area contributed by atoms with Crippen LogP contribution in [-0.4, -0.2) is 97.1 Å². The molecule has 2 fully saturated rings. The van der Waals surface area contributed by atoms with E-state index in [2.05, 4.69) is 33.9 Å². The van der Waals surface area contributed by atoms with E-state index in [0.29, 0.717) is 39.4 Å². The van der Waals surface area contributed by atoms with Gasteiger partial charge in [-0.3, -0.25) is 9.69 Å². The number of aliphatic imine (C=N–C) groups is 1. The molecule has 3 heterocycles. The smallest absolute Gasteiger partial charge is 0.236 e. The van der Waals surface area contributed by atoms with E-state index in [1.165, 1.54) is 4.88 Å². The standard InChI is InChI=1S/C19H32N6O2S/c1-3-16-13-21-17(28-16)14-22-19(20-4-2)25-7-5-23(6-8-25)15-18(26)24-9-11-27-12-10-24/h13H,3-12,14-15H2,1-2H3,(H,20,22). The summed E-state index contributed by atoms with van der Waals surface area (Å²) in [5.41, 5.74) is 0. The van der Waals surface area contributed by atoms with Crippen LogP contribution >= 0.6 is 11.3 Å². The van der Waals surface area contributed by atoms with Gasteiger partial charge in [-0.2, -0.15) is 0 Å². The highest BCUT2D eigenvalue weighted by atomic mass is 32.1. The SMILES string of the molecule is CCNC(=NCc1ncc(CC)s1)N1CCN(CC(=O)N2CCOCC2)CC1. The van der Waals surface area contributed by atoms with Crippen molar-refractivity contribution < 1.29 is 9.53 Å². The van der Waals surface area contributed by atoms with Crippen molar-refractivity contribution in [3.63, 3.8) is 0 Å². The van der Waals surface area contributed by atoms with Crippen LogP contribution in [0.3, 0.4) is 0 Å². The molecule has 8 nitrogen and oxygen atoms in total. The van der Waals surface area contributed by atoms with Gasteiger partial charge in [0.15, 0.2) is 5.96 Å². The Hall–Kier alpha value is -1.71. The van der Waals surface area contributed by atoms with Crippen molar-refractivity contribution >= 4 is 23.2 Å². The van der Waals surface area contributed by atoms with E-state index in [4.69, 9.17) is 9.73 Å². The van der Waals surface area contributed by atoms with Crippen molar-refractivity contribution in [1.29, 1.82) is 0 Å². The number of morpholine rings is 1. The van der Waals surface area contributed by atoms with E-state index in [9.17, 15) is 4.79 Å². The number of piperazine rings is 1. The van der Waals surface area contributed by atoms with Crippen molar-refractivity contribution in [1.82, 2.24) is 25.0 Å². The van der Waals surface area contributed by atoms with Crippen LogP contribution in [0.15, 0.2) is 11.2 Å². The van der Waals surface area contributed by atoms with Gasteiger partial charge in [0.05, 0.1) is 26.3 Å². The molecule has 1 amide bonds. The summed E-state index contributed by atoms with van der Waals surface area (Å²) in [6.45, 7) is 12.4. The second-order valence-electron chi connectivity index (χ2n) is 7.00. The summed E-state index contributed by atoms with van der Waals surface area (Å²) >= 11 is 1.74. The molecule has 0 spiro atoms. The first-order valence-corrected chi connectivity index (χ1v) is 11.1. The zero-order chi connectivity index (χ0) is 19.8. The first kappa shape index (κ1) is 21.0. The number of aromatic nitrogens is 1. The number of nitrogens with zero attached hydrogens (tertiary/aromatic N) is 5. The van der Waals surface area contributed by atoms with E-state index in [1.807, 2.05) is 11.1 Å². The zero-order valence-corrected chi connectivity index (χ0v) is 17.8. The fourth-order valence-corrected chi connectivity index (χ4v) is 4.16. The highest BCUT2D eigenvalue weighted by Crippen LogP contribution is 2.14. The predicted octanol–water partition coefficient (Wildman–Crippen LogP) is 0.647. The van der Waals surface area contributed by atoms with Crippen molar-refractivity contribution in [3.8, 4) is 0 Å². The van der Waals surface area contributed by atoms with Gasteiger partial charge >= 0.3 is 0 Å². The zero-order valence-electron chi connectivity index (χ0n) is 17.0. The van der Waals surface area contributed by atoms with E-state index in [1.54, 1.807) is 11.3 Å². The number of thiazole rings is 1. The molecular weight excluding hydrogens is 376 g/mol. The lowest BCUT2D eigenvalue weighted by Gasteiger charge is -2.37. The normalized spacial score (nSPS) is 19.1. The summed E-state index contributed by atoms with van der Waals surface area (Å²) in [5.74, 6) is 1.16. The Balaban J connectivity index is 1.49. The van der Waals surface area contributed by atoms with Crippen LogP contribution < -0.4 is 5.32 Å². The second-order valence-corrected chi connectivity index (χ2v) is 8.20. The lowest BCUT2D eigenvalue weighted by Crippen LogP contribution is -2.54. The van der Waals surface area contributed by atoms with Crippen molar-refractivity contribution in [2.45, 2.75) is 26.8 Å². The summed E-state index contributed by atoms with van der Waals surface area (Å²) in [5, 5.41) is 4.45. The molecule has 0 aromatic carbocycles. The maximum absolute atomic E-state index is 12.4. The van der Waals surface area contributed by atoms with Gasteiger partial charge in [0, 0.05) is 56.9 Å². The average molecular weight is 409 g/mol. The summed E-state index contributed by atoms with van der Waals surface area (Å²) in [6, 6.07) is 0. The summed E-state index contributed by atoms with van der Waals surface area (Å²) in [4.78, 5) is 29.4. The first-order valence-electron chi connectivity index (χ1n) is 10.2. The largest absolute Gasteiger partial charge is 0.378 e. The van der Waals surface area contributed by atoms with Crippen LogP contribution in [-0.2, 0) is 22.5 Å². The number of aryl methyl sites for hydroxylation is 1. The van der Waals surface area contributed by atoms with Crippen LogP contribution in [0, 0.1) is 0 Å². The molecule has 0 radical (unpaired) electrons. The Morgan fingerprint density at radius 3 is 2.57 bits per heavy atom. The minimum absolute atomic E-state index is 0.216. The summed E-state index contributed by atoms with van der Waals surface area (Å²) in [7, 11) is 0. The molecule has 0 unspecified atom stereocenters.